The van der Waals surface area contributed by atoms with Gasteiger partial charge in [-0.15, -0.1) is 0 Å². The third kappa shape index (κ3) is 6.90. The van der Waals surface area contributed by atoms with Crippen molar-refractivity contribution in [2.75, 3.05) is 32.8 Å². The highest BCUT2D eigenvalue weighted by atomic mass is 32.2. The summed E-state index contributed by atoms with van der Waals surface area (Å²) in [4.78, 5) is 12.7. The molecule has 9 nitrogen and oxygen atoms in total. The molecule has 2 saturated heterocycles. The number of benzene rings is 2. The smallest absolute Gasteiger partial charge is 0.258 e. The van der Waals surface area contributed by atoms with E-state index in [4.69, 9.17) is 4.74 Å². The zero-order chi connectivity index (χ0) is 26.5. The maximum Gasteiger partial charge on any atom is 0.258 e. The number of nitrogens with one attached hydrogen (secondary N) is 1. The molecular weight excluding hydrogens is 514 g/mol. The number of carbonyl (C=O) groups is 1. The number of hydrogen-bond acceptors (Lipinski definition) is 6. The van der Waals surface area contributed by atoms with E-state index in [0.717, 1.165) is 37.7 Å². The molecule has 0 aromatic heterocycles. The van der Waals surface area contributed by atoms with Gasteiger partial charge in [0.05, 0.1) is 9.79 Å². The number of rotatable bonds is 9. The molecule has 0 spiro atoms. The molecule has 2 fully saturated rings. The lowest BCUT2D eigenvalue weighted by molar-refractivity contribution is -0.123. The standard InChI is InChI=1S/C26H35N3O6S2/c1-21-13-17-29(18-14-21)37(33,34)25-11-7-23(8-12-25)35-20-26(30)27-19-22-5-9-24(10-6-22)36(31,32)28-15-3-2-4-16-28/h5-12,21H,2-4,13-20H2,1H3,(H,27,30). The first kappa shape index (κ1) is 27.6. The topological polar surface area (TPSA) is 113 Å². The normalized spacial score (nSPS) is 18.4. The van der Waals surface area contributed by atoms with E-state index in [1.807, 2.05) is 0 Å². The van der Waals surface area contributed by atoms with Crippen molar-refractivity contribution in [3.63, 3.8) is 0 Å². The van der Waals surface area contributed by atoms with Crippen LogP contribution in [0, 0.1) is 5.92 Å². The lowest BCUT2D eigenvalue weighted by Gasteiger charge is -2.29. The lowest BCUT2D eigenvalue weighted by Crippen LogP contribution is -2.37. The molecular formula is C26H35N3O6S2. The Hall–Kier alpha value is -2.47. The fourth-order valence-electron chi connectivity index (χ4n) is 4.52. The fraction of sp³-hybridized carbons (Fsp3) is 0.500. The van der Waals surface area contributed by atoms with Gasteiger partial charge in [-0.05, 0) is 73.6 Å². The quantitative estimate of drug-likeness (QED) is 0.515. The van der Waals surface area contributed by atoms with E-state index in [0.29, 0.717) is 37.8 Å². The van der Waals surface area contributed by atoms with Crippen LogP contribution in [0.4, 0.5) is 0 Å². The van der Waals surface area contributed by atoms with Gasteiger partial charge in [0.1, 0.15) is 5.75 Å². The minimum absolute atomic E-state index is 0.213. The molecule has 0 unspecified atom stereocenters. The molecule has 2 aliphatic rings. The maximum absolute atomic E-state index is 12.8. The molecule has 1 N–H and O–H groups in total. The van der Waals surface area contributed by atoms with Crippen LogP contribution in [0.1, 0.15) is 44.6 Å². The lowest BCUT2D eigenvalue weighted by atomic mass is 10.0. The van der Waals surface area contributed by atoms with Crippen LogP contribution in [0.25, 0.3) is 0 Å². The number of sulfonamides is 2. The van der Waals surface area contributed by atoms with E-state index in [1.165, 1.54) is 20.7 Å². The van der Waals surface area contributed by atoms with Crippen LogP contribution in [0.15, 0.2) is 58.3 Å². The van der Waals surface area contributed by atoms with Crippen LogP contribution in [0.5, 0.6) is 5.75 Å². The number of piperidine rings is 2. The van der Waals surface area contributed by atoms with Gasteiger partial charge >= 0.3 is 0 Å². The maximum atomic E-state index is 12.8. The summed E-state index contributed by atoms with van der Waals surface area (Å²) in [5.74, 6) is 0.589. The van der Waals surface area contributed by atoms with Gasteiger partial charge in [-0.25, -0.2) is 16.8 Å². The summed E-state index contributed by atoms with van der Waals surface area (Å²) >= 11 is 0. The van der Waals surface area contributed by atoms with Crippen molar-refractivity contribution in [2.45, 2.75) is 55.4 Å². The number of hydrogen-bond donors (Lipinski definition) is 1. The molecule has 0 radical (unpaired) electrons. The first-order valence-electron chi connectivity index (χ1n) is 12.7. The molecule has 1 amide bonds. The van der Waals surface area contributed by atoms with Gasteiger partial charge < -0.3 is 10.1 Å². The number of carbonyl (C=O) groups excluding carboxylic acids is 1. The minimum atomic E-state index is -3.53. The Balaban J connectivity index is 1.24. The van der Waals surface area contributed by atoms with Gasteiger partial charge in [-0.2, -0.15) is 8.61 Å². The van der Waals surface area contributed by atoms with Crippen LogP contribution in [0.3, 0.4) is 0 Å². The molecule has 11 heteroatoms. The molecule has 202 valence electrons. The first-order chi connectivity index (χ1) is 17.7. The van der Waals surface area contributed by atoms with Crippen LogP contribution < -0.4 is 10.1 Å². The summed E-state index contributed by atoms with van der Waals surface area (Å²) in [6.45, 7) is 4.30. The third-order valence-electron chi connectivity index (χ3n) is 6.94. The monoisotopic (exact) mass is 549 g/mol. The first-order valence-corrected chi connectivity index (χ1v) is 15.6. The molecule has 0 aliphatic carbocycles. The van der Waals surface area contributed by atoms with E-state index in [9.17, 15) is 21.6 Å². The Morgan fingerprint density at radius 1 is 0.811 bits per heavy atom. The highest BCUT2D eigenvalue weighted by molar-refractivity contribution is 7.89. The fourth-order valence-corrected chi connectivity index (χ4v) is 7.50. The SMILES string of the molecule is CC1CCN(S(=O)(=O)c2ccc(OCC(=O)NCc3ccc(S(=O)(=O)N4CCCCC4)cc3)cc2)CC1. The molecule has 4 rings (SSSR count). The summed E-state index contributed by atoms with van der Waals surface area (Å²) in [5, 5.41) is 2.75. The van der Waals surface area contributed by atoms with E-state index in [2.05, 4.69) is 12.2 Å². The zero-order valence-electron chi connectivity index (χ0n) is 21.1. The van der Waals surface area contributed by atoms with Crippen molar-refractivity contribution in [2.24, 2.45) is 5.92 Å². The molecule has 2 aliphatic heterocycles. The van der Waals surface area contributed by atoms with Gasteiger partial charge in [0, 0.05) is 32.7 Å². The highest BCUT2D eigenvalue weighted by Crippen LogP contribution is 2.25. The third-order valence-corrected chi connectivity index (χ3v) is 10.8. The Bertz CT molecular complexity index is 1260. The van der Waals surface area contributed by atoms with Crippen molar-refractivity contribution in [1.29, 1.82) is 0 Å². The Morgan fingerprint density at radius 2 is 1.32 bits per heavy atom. The van der Waals surface area contributed by atoms with Crippen LogP contribution in [-0.4, -0.2) is 64.1 Å². The van der Waals surface area contributed by atoms with Gasteiger partial charge in [0.15, 0.2) is 6.61 Å². The Labute approximate surface area is 219 Å². The van der Waals surface area contributed by atoms with Gasteiger partial charge in [-0.1, -0.05) is 25.5 Å². The van der Waals surface area contributed by atoms with E-state index < -0.39 is 20.0 Å². The largest absolute Gasteiger partial charge is 0.484 e. The van der Waals surface area contributed by atoms with Gasteiger partial charge in [0.2, 0.25) is 20.0 Å². The van der Waals surface area contributed by atoms with Crippen molar-refractivity contribution in [3.05, 3.63) is 54.1 Å². The average molecular weight is 550 g/mol. The molecule has 0 bridgehead atoms. The Kier molecular flexibility index (Phi) is 8.89. The molecule has 2 heterocycles. The second-order valence-electron chi connectivity index (χ2n) is 9.73. The molecule has 37 heavy (non-hydrogen) atoms. The highest BCUT2D eigenvalue weighted by Gasteiger charge is 2.28. The summed E-state index contributed by atoms with van der Waals surface area (Å²) in [5.41, 5.74) is 0.771. The number of amides is 1. The van der Waals surface area contributed by atoms with E-state index in [-0.39, 0.29) is 28.8 Å². The second kappa shape index (κ2) is 11.9. The zero-order valence-corrected chi connectivity index (χ0v) is 22.8. The number of nitrogens with zero attached hydrogens (tertiary/aromatic N) is 2. The summed E-state index contributed by atoms with van der Waals surface area (Å²) in [6.07, 6.45) is 4.54. The van der Waals surface area contributed by atoms with Gasteiger partial charge in [-0.3, -0.25) is 4.79 Å². The Morgan fingerprint density at radius 3 is 1.89 bits per heavy atom. The van der Waals surface area contributed by atoms with Crippen molar-refractivity contribution in [1.82, 2.24) is 13.9 Å². The summed E-state index contributed by atoms with van der Waals surface area (Å²) in [6, 6.07) is 12.6. The van der Waals surface area contributed by atoms with Crippen LogP contribution in [-0.2, 0) is 31.4 Å². The number of ether oxygens (including phenoxy) is 1. The molecule has 2 aromatic carbocycles. The van der Waals surface area contributed by atoms with Crippen molar-refractivity contribution < 1.29 is 26.4 Å². The van der Waals surface area contributed by atoms with Crippen molar-refractivity contribution in [3.8, 4) is 5.75 Å². The summed E-state index contributed by atoms with van der Waals surface area (Å²) in [7, 11) is -7.02. The second-order valence-corrected chi connectivity index (χ2v) is 13.6. The minimum Gasteiger partial charge on any atom is -0.484 e. The van der Waals surface area contributed by atoms with E-state index >= 15 is 0 Å². The predicted molar refractivity (Wildman–Crippen MR) is 140 cm³/mol. The van der Waals surface area contributed by atoms with Crippen molar-refractivity contribution >= 4 is 26.0 Å². The predicted octanol–water partition coefficient (Wildman–Crippen LogP) is 2.98. The van der Waals surface area contributed by atoms with E-state index in [1.54, 1.807) is 36.4 Å². The average Bonchev–Trinajstić information content (AvgIpc) is 2.92. The van der Waals surface area contributed by atoms with Gasteiger partial charge in [0.25, 0.3) is 5.91 Å². The van der Waals surface area contributed by atoms with Crippen LogP contribution >= 0.6 is 0 Å². The molecule has 0 saturated carbocycles. The molecule has 0 atom stereocenters. The molecule has 2 aromatic rings. The van der Waals surface area contributed by atoms with Crippen LogP contribution in [0.2, 0.25) is 0 Å². The summed E-state index contributed by atoms with van der Waals surface area (Å²) < 4.78 is 59.7.